The van der Waals surface area contributed by atoms with Gasteiger partial charge in [-0.2, -0.15) is 0 Å². The molecule has 1 heterocycles. The normalized spacial score (nSPS) is 17.1. The minimum Gasteiger partial charge on any atom is -0.350 e. The molecule has 0 radical (unpaired) electrons. The van der Waals surface area contributed by atoms with Gasteiger partial charge >= 0.3 is 0 Å². The third-order valence-electron chi connectivity index (χ3n) is 3.36. The first-order chi connectivity index (χ1) is 9.70. The van der Waals surface area contributed by atoms with Gasteiger partial charge in [0.05, 0.1) is 19.3 Å². The lowest BCUT2D eigenvalue weighted by Gasteiger charge is -2.25. The highest BCUT2D eigenvalue weighted by atomic mass is 16.7. The summed E-state index contributed by atoms with van der Waals surface area (Å²) in [5, 5.41) is 0. The maximum absolute atomic E-state index is 12.4. The summed E-state index contributed by atoms with van der Waals surface area (Å²) in [5.41, 5.74) is 7.08. The van der Waals surface area contributed by atoms with Crippen molar-refractivity contribution in [2.75, 3.05) is 19.8 Å². The van der Waals surface area contributed by atoms with Crippen LogP contribution in [0.2, 0.25) is 0 Å². The number of amides is 1. The number of carbonyl (C=O) groups is 1. The van der Waals surface area contributed by atoms with Gasteiger partial charge in [-0.05, 0) is 12.5 Å². The molecular formula is C15H22N2O3. The van der Waals surface area contributed by atoms with Gasteiger partial charge in [-0.1, -0.05) is 30.3 Å². The highest BCUT2D eigenvalue weighted by molar-refractivity contribution is 5.81. The Morgan fingerprint density at radius 2 is 2.00 bits per heavy atom. The van der Waals surface area contributed by atoms with Crippen LogP contribution in [0, 0.1) is 0 Å². The van der Waals surface area contributed by atoms with E-state index in [0.717, 1.165) is 5.56 Å². The molecule has 1 aliphatic heterocycles. The van der Waals surface area contributed by atoms with Crippen LogP contribution >= 0.6 is 0 Å². The van der Waals surface area contributed by atoms with Gasteiger partial charge in [0.25, 0.3) is 0 Å². The quantitative estimate of drug-likeness (QED) is 0.847. The molecule has 1 amide bonds. The largest absolute Gasteiger partial charge is 0.350 e. The molecule has 2 rings (SSSR count). The standard InChI is InChI=1S/C15H22N2O3/c1-2-17(11-12-6-4-3-5-7-12)15(18)13(16)10-14-19-8-9-20-14/h3-7,13-14H,2,8-11,16H2,1H3. The fourth-order valence-corrected chi connectivity index (χ4v) is 2.24. The molecule has 110 valence electrons. The zero-order valence-electron chi connectivity index (χ0n) is 11.8. The molecule has 1 aromatic carbocycles. The van der Waals surface area contributed by atoms with Crippen molar-refractivity contribution in [2.24, 2.45) is 5.73 Å². The van der Waals surface area contributed by atoms with Gasteiger partial charge in [0.15, 0.2) is 6.29 Å². The molecule has 1 atom stereocenters. The molecule has 0 spiro atoms. The summed E-state index contributed by atoms with van der Waals surface area (Å²) < 4.78 is 10.7. The van der Waals surface area contributed by atoms with Crippen LogP contribution in [-0.2, 0) is 20.8 Å². The third kappa shape index (κ3) is 4.03. The molecule has 5 heteroatoms. The van der Waals surface area contributed by atoms with Crippen LogP contribution in [0.1, 0.15) is 18.9 Å². The smallest absolute Gasteiger partial charge is 0.239 e. The number of nitrogens with zero attached hydrogens (tertiary/aromatic N) is 1. The predicted octanol–water partition coefficient (Wildman–Crippen LogP) is 1.13. The van der Waals surface area contributed by atoms with Gasteiger partial charge in [-0.15, -0.1) is 0 Å². The molecule has 2 N–H and O–H groups in total. The Kier molecular flexibility index (Phi) is 5.52. The maximum atomic E-state index is 12.4. The maximum Gasteiger partial charge on any atom is 0.239 e. The summed E-state index contributed by atoms with van der Waals surface area (Å²) in [6, 6.07) is 9.32. The van der Waals surface area contributed by atoms with E-state index in [2.05, 4.69) is 0 Å². The van der Waals surface area contributed by atoms with E-state index in [9.17, 15) is 4.79 Å². The average Bonchev–Trinajstić information content (AvgIpc) is 2.98. The van der Waals surface area contributed by atoms with Crippen LogP contribution in [-0.4, -0.2) is 42.9 Å². The number of likely N-dealkylation sites (N-methyl/N-ethyl adjacent to an activating group) is 1. The number of hydrogen-bond donors (Lipinski definition) is 1. The van der Waals surface area contributed by atoms with Crippen molar-refractivity contribution in [2.45, 2.75) is 32.2 Å². The van der Waals surface area contributed by atoms with E-state index < -0.39 is 6.04 Å². The number of ether oxygens (including phenoxy) is 2. The first kappa shape index (κ1) is 15.0. The highest BCUT2D eigenvalue weighted by Gasteiger charge is 2.26. The molecule has 0 bridgehead atoms. The van der Waals surface area contributed by atoms with E-state index >= 15 is 0 Å². The summed E-state index contributed by atoms with van der Waals surface area (Å²) >= 11 is 0. The average molecular weight is 278 g/mol. The van der Waals surface area contributed by atoms with E-state index in [0.29, 0.717) is 32.7 Å². The Morgan fingerprint density at radius 1 is 1.35 bits per heavy atom. The molecule has 0 saturated carbocycles. The lowest BCUT2D eigenvalue weighted by atomic mass is 10.1. The minimum absolute atomic E-state index is 0.0598. The van der Waals surface area contributed by atoms with Gasteiger partial charge in [0.2, 0.25) is 5.91 Å². The number of hydrogen-bond acceptors (Lipinski definition) is 4. The first-order valence-corrected chi connectivity index (χ1v) is 7.02. The second-order valence-corrected chi connectivity index (χ2v) is 4.85. The Morgan fingerprint density at radius 3 is 2.60 bits per heavy atom. The minimum atomic E-state index is -0.582. The Hall–Kier alpha value is -1.43. The SMILES string of the molecule is CCN(Cc1ccccc1)C(=O)C(N)CC1OCCO1. The molecule has 0 aliphatic carbocycles. The van der Waals surface area contributed by atoms with Crippen LogP contribution in [0.5, 0.6) is 0 Å². The van der Waals surface area contributed by atoms with E-state index in [-0.39, 0.29) is 12.2 Å². The first-order valence-electron chi connectivity index (χ1n) is 7.02. The molecular weight excluding hydrogens is 256 g/mol. The monoisotopic (exact) mass is 278 g/mol. The summed E-state index contributed by atoms with van der Waals surface area (Å²) in [6.45, 7) is 4.32. The van der Waals surface area contributed by atoms with Crippen LogP contribution in [0.4, 0.5) is 0 Å². The summed E-state index contributed by atoms with van der Waals surface area (Å²) in [4.78, 5) is 14.1. The highest BCUT2D eigenvalue weighted by Crippen LogP contribution is 2.12. The lowest BCUT2D eigenvalue weighted by molar-refractivity contribution is -0.135. The zero-order chi connectivity index (χ0) is 14.4. The van der Waals surface area contributed by atoms with Crippen molar-refractivity contribution >= 4 is 5.91 Å². The number of nitrogens with two attached hydrogens (primary N) is 1. The van der Waals surface area contributed by atoms with E-state index in [1.165, 1.54) is 0 Å². The molecule has 5 nitrogen and oxygen atoms in total. The molecule has 1 aliphatic rings. The molecule has 20 heavy (non-hydrogen) atoms. The van der Waals surface area contributed by atoms with Crippen molar-refractivity contribution < 1.29 is 14.3 Å². The lowest BCUT2D eigenvalue weighted by Crippen LogP contribution is -2.45. The van der Waals surface area contributed by atoms with E-state index in [1.807, 2.05) is 37.3 Å². The van der Waals surface area contributed by atoms with Crippen molar-refractivity contribution in [1.82, 2.24) is 4.90 Å². The second-order valence-electron chi connectivity index (χ2n) is 4.85. The number of carbonyl (C=O) groups excluding carboxylic acids is 1. The van der Waals surface area contributed by atoms with Crippen LogP contribution in [0.15, 0.2) is 30.3 Å². The van der Waals surface area contributed by atoms with Crippen LogP contribution in [0.3, 0.4) is 0 Å². The molecule has 1 aromatic rings. The number of rotatable bonds is 6. The van der Waals surface area contributed by atoms with Crippen LogP contribution in [0.25, 0.3) is 0 Å². The summed E-state index contributed by atoms with van der Waals surface area (Å²) in [7, 11) is 0. The van der Waals surface area contributed by atoms with Crippen molar-refractivity contribution in [3.63, 3.8) is 0 Å². The topological polar surface area (TPSA) is 64.8 Å². The summed E-state index contributed by atoms with van der Waals surface area (Å²) in [6.07, 6.45) is 0.0637. The van der Waals surface area contributed by atoms with Crippen molar-refractivity contribution in [1.29, 1.82) is 0 Å². The molecule has 1 unspecified atom stereocenters. The fraction of sp³-hybridized carbons (Fsp3) is 0.533. The van der Waals surface area contributed by atoms with Crippen molar-refractivity contribution in [3.8, 4) is 0 Å². The molecule has 1 fully saturated rings. The van der Waals surface area contributed by atoms with Crippen molar-refractivity contribution in [3.05, 3.63) is 35.9 Å². The van der Waals surface area contributed by atoms with Gasteiger partial charge < -0.3 is 20.1 Å². The zero-order valence-corrected chi connectivity index (χ0v) is 11.8. The predicted molar refractivity (Wildman–Crippen MR) is 75.8 cm³/mol. The Bertz CT molecular complexity index is 418. The third-order valence-corrected chi connectivity index (χ3v) is 3.36. The van der Waals surface area contributed by atoms with Crippen LogP contribution < -0.4 is 5.73 Å². The fourth-order valence-electron chi connectivity index (χ4n) is 2.24. The Balaban J connectivity index is 1.90. The second kappa shape index (κ2) is 7.38. The molecule has 0 aromatic heterocycles. The van der Waals surface area contributed by atoms with Gasteiger partial charge in [-0.3, -0.25) is 4.79 Å². The Labute approximate surface area is 119 Å². The molecule has 1 saturated heterocycles. The van der Waals surface area contributed by atoms with E-state index in [1.54, 1.807) is 4.90 Å². The van der Waals surface area contributed by atoms with Gasteiger partial charge in [0.1, 0.15) is 0 Å². The summed E-state index contributed by atoms with van der Waals surface area (Å²) in [5.74, 6) is -0.0598. The number of benzene rings is 1. The van der Waals surface area contributed by atoms with Gasteiger partial charge in [0, 0.05) is 19.5 Å². The van der Waals surface area contributed by atoms with E-state index in [4.69, 9.17) is 15.2 Å². The van der Waals surface area contributed by atoms with Gasteiger partial charge in [-0.25, -0.2) is 0 Å².